The Morgan fingerprint density at radius 2 is 1.74 bits per heavy atom. The largest absolute Gasteiger partial charge is 0.392 e. The number of carbonyl (C=O) groups excluding carboxylic acids is 2. The van der Waals surface area contributed by atoms with Crippen molar-refractivity contribution in [2.24, 2.45) is 5.92 Å². The number of benzene rings is 2. The summed E-state index contributed by atoms with van der Waals surface area (Å²) in [5.74, 6) is -10.1. The minimum absolute atomic E-state index is 0.00264. The summed E-state index contributed by atoms with van der Waals surface area (Å²) in [6, 6.07) is 9.23. The molecule has 2 heterocycles. The first-order valence-corrected chi connectivity index (χ1v) is 8.20. The summed E-state index contributed by atoms with van der Waals surface area (Å²) in [6.45, 7) is 0.0555. The van der Waals surface area contributed by atoms with Crippen molar-refractivity contribution >= 4 is 11.9 Å². The van der Waals surface area contributed by atoms with Crippen molar-refractivity contribution in [3.63, 3.8) is 0 Å². The number of nitrogens with zero attached hydrogens (tertiary/aromatic N) is 1. The summed E-state index contributed by atoms with van der Waals surface area (Å²) in [4.78, 5) is 26.3. The van der Waals surface area contributed by atoms with Crippen molar-refractivity contribution in [1.82, 2.24) is 4.90 Å². The van der Waals surface area contributed by atoms with Gasteiger partial charge in [-0.2, -0.15) is 0 Å². The van der Waals surface area contributed by atoms with Crippen LogP contribution < -0.4 is 0 Å². The molecule has 27 heavy (non-hydrogen) atoms. The smallest absolute Gasteiger partial charge is 0.326 e. The molecule has 2 aliphatic rings. The van der Waals surface area contributed by atoms with Crippen molar-refractivity contribution in [2.45, 2.75) is 12.0 Å². The Labute approximate surface area is 151 Å². The first-order valence-electron chi connectivity index (χ1n) is 8.20. The van der Waals surface area contributed by atoms with Gasteiger partial charge in [0.25, 0.3) is 0 Å². The van der Waals surface area contributed by atoms with Gasteiger partial charge in [0.1, 0.15) is 11.2 Å². The molecular formula is C19H13F4NO3. The third kappa shape index (κ3) is 2.55. The van der Waals surface area contributed by atoms with Gasteiger partial charge in [-0.05, 0) is 5.56 Å². The van der Waals surface area contributed by atoms with Crippen molar-refractivity contribution < 1.29 is 31.9 Å². The van der Waals surface area contributed by atoms with Crippen LogP contribution >= 0.6 is 0 Å². The Morgan fingerprint density at radius 3 is 2.44 bits per heavy atom. The van der Waals surface area contributed by atoms with Crippen LogP contribution in [-0.2, 0) is 26.3 Å². The zero-order valence-corrected chi connectivity index (χ0v) is 13.8. The van der Waals surface area contributed by atoms with E-state index in [1.807, 2.05) is 18.2 Å². The molecule has 0 spiro atoms. The van der Waals surface area contributed by atoms with Gasteiger partial charge >= 0.3 is 11.9 Å². The number of fused-ring (bicyclic) bond motifs is 1. The molecule has 8 heteroatoms. The molecule has 2 aliphatic heterocycles. The summed E-state index contributed by atoms with van der Waals surface area (Å²) in [6.07, 6.45) is 0. The molecule has 2 atom stereocenters. The Bertz CT molecular complexity index is 950. The Balaban J connectivity index is 1.80. The second-order valence-electron chi connectivity index (χ2n) is 6.73. The molecule has 0 bridgehead atoms. The number of likely N-dealkylation sites (tertiary alicyclic amines) is 1. The standard InChI is InChI=1S/C19H13F4NO3/c20-12-6-13(21)15(22)16(23)14(12)19-9-24(7-10-4-2-1-3-5-10)8-11(19)17(25)27-18(19)26/h1-6,11H,7-9H2. The highest BCUT2D eigenvalue weighted by Gasteiger charge is 2.65. The first-order chi connectivity index (χ1) is 12.8. The van der Waals surface area contributed by atoms with Crippen LogP contribution in [-0.4, -0.2) is 29.9 Å². The third-order valence-corrected chi connectivity index (χ3v) is 5.16. The van der Waals surface area contributed by atoms with E-state index in [1.54, 1.807) is 17.0 Å². The van der Waals surface area contributed by atoms with Crippen LogP contribution in [0.25, 0.3) is 0 Å². The van der Waals surface area contributed by atoms with Gasteiger partial charge in [0.15, 0.2) is 17.5 Å². The van der Waals surface area contributed by atoms with Gasteiger partial charge in [0.2, 0.25) is 0 Å². The van der Waals surface area contributed by atoms with Gasteiger partial charge in [-0.3, -0.25) is 14.5 Å². The second kappa shape index (κ2) is 6.16. The number of rotatable bonds is 3. The summed E-state index contributed by atoms with van der Waals surface area (Å²) in [5.41, 5.74) is -2.15. The molecule has 0 N–H and O–H groups in total. The summed E-state index contributed by atoms with van der Waals surface area (Å²) < 4.78 is 60.6. The predicted molar refractivity (Wildman–Crippen MR) is 84.3 cm³/mol. The molecule has 2 saturated heterocycles. The van der Waals surface area contributed by atoms with Gasteiger partial charge in [-0.1, -0.05) is 30.3 Å². The lowest BCUT2D eigenvalue weighted by molar-refractivity contribution is -0.155. The highest BCUT2D eigenvalue weighted by molar-refractivity contribution is 6.04. The molecule has 140 valence electrons. The minimum Gasteiger partial charge on any atom is -0.392 e. The first kappa shape index (κ1) is 17.7. The quantitative estimate of drug-likeness (QED) is 0.271. The fraction of sp³-hybridized carbons (Fsp3) is 0.263. The predicted octanol–water partition coefficient (Wildman–Crippen LogP) is 2.70. The van der Waals surface area contributed by atoms with E-state index in [4.69, 9.17) is 0 Å². The van der Waals surface area contributed by atoms with E-state index in [-0.39, 0.29) is 19.2 Å². The highest BCUT2D eigenvalue weighted by Crippen LogP contribution is 2.48. The number of cyclic esters (lactones) is 2. The van der Waals surface area contributed by atoms with E-state index in [1.165, 1.54) is 0 Å². The number of hydrogen-bond acceptors (Lipinski definition) is 4. The van der Waals surface area contributed by atoms with E-state index in [0.717, 1.165) is 5.56 Å². The van der Waals surface area contributed by atoms with Crippen LogP contribution in [0.2, 0.25) is 0 Å². The van der Waals surface area contributed by atoms with E-state index < -0.39 is 52.1 Å². The lowest BCUT2D eigenvalue weighted by atomic mass is 9.73. The van der Waals surface area contributed by atoms with Crippen molar-refractivity contribution in [2.75, 3.05) is 13.1 Å². The van der Waals surface area contributed by atoms with E-state index in [2.05, 4.69) is 4.74 Å². The second-order valence-corrected chi connectivity index (χ2v) is 6.73. The maximum absolute atomic E-state index is 14.5. The number of carbonyl (C=O) groups is 2. The lowest BCUT2D eigenvalue weighted by Gasteiger charge is -2.25. The van der Waals surface area contributed by atoms with Crippen molar-refractivity contribution in [1.29, 1.82) is 0 Å². The molecule has 0 amide bonds. The molecule has 2 aromatic rings. The molecule has 0 aromatic heterocycles. The Morgan fingerprint density at radius 1 is 1.04 bits per heavy atom. The molecule has 0 aliphatic carbocycles. The van der Waals surface area contributed by atoms with E-state index in [9.17, 15) is 27.2 Å². The zero-order valence-electron chi connectivity index (χ0n) is 13.8. The molecule has 2 aromatic carbocycles. The molecule has 0 saturated carbocycles. The summed E-state index contributed by atoms with van der Waals surface area (Å²) in [7, 11) is 0. The van der Waals surface area contributed by atoms with Gasteiger partial charge in [-0.25, -0.2) is 17.6 Å². The van der Waals surface area contributed by atoms with Crippen LogP contribution in [0.1, 0.15) is 11.1 Å². The number of esters is 2. The van der Waals surface area contributed by atoms with Gasteiger partial charge in [0.05, 0.1) is 5.92 Å². The van der Waals surface area contributed by atoms with Crippen LogP contribution in [0.4, 0.5) is 17.6 Å². The SMILES string of the molecule is O=C1OC(=O)C2(c3c(F)cc(F)c(F)c3F)CN(Cc3ccccc3)CC12. The highest BCUT2D eigenvalue weighted by atomic mass is 19.2. The topological polar surface area (TPSA) is 46.6 Å². The molecule has 4 rings (SSSR count). The number of halogens is 4. The van der Waals surface area contributed by atoms with Crippen LogP contribution in [0.15, 0.2) is 36.4 Å². The van der Waals surface area contributed by atoms with E-state index in [0.29, 0.717) is 6.54 Å². The average Bonchev–Trinajstić information content (AvgIpc) is 3.10. The number of ether oxygens (including phenoxy) is 1. The maximum atomic E-state index is 14.5. The summed E-state index contributed by atoms with van der Waals surface area (Å²) in [5, 5.41) is 0. The van der Waals surface area contributed by atoms with Crippen LogP contribution in [0.5, 0.6) is 0 Å². The van der Waals surface area contributed by atoms with E-state index >= 15 is 0 Å². The van der Waals surface area contributed by atoms with Gasteiger partial charge in [0, 0.05) is 31.3 Å². The monoisotopic (exact) mass is 379 g/mol. The normalized spacial score (nSPS) is 25.0. The van der Waals surface area contributed by atoms with Crippen molar-refractivity contribution in [3.8, 4) is 0 Å². The fourth-order valence-electron chi connectivity index (χ4n) is 3.97. The molecule has 2 fully saturated rings. The number of hydrogen-bond donors (Lipinski definition) is 0. The van der Waals surface area contributed by atoms with Gasteiger partial charge < -0.3 is 4.74 Å². The zero-order chi connectivity index (χ0) is 19.3. The molecule has 4 nitrogen and oxygen atoms in total. The van der Waals surface area contributed by atoms with Crippen LogP contribution in [0, 0.1) is 29.2 Å². The van der Waals surface area contributed by atoms with Crippen LogP contribution in [0.3, 0.4) is 0 Å². The molecule has 0 radical (unpaired) electrons. The average molecular weight is 379 g/mol. The lowest BCUT2D eigenvalue weighted by Crippen LogP contribution is -2.41. The third-order valence-electron chi connectivity index (χ3n) is 5.16. The fourth-order valence-corrected chi connectivity index (χ4v) is 3.97. The Kier molecular flexibility index (Phi) is 4.03. The minimum atomic E-state index is -2.05. The maximum Gasteiger partial charge on any atom is 0.326 e. The van der Waals surface area contributed by atoms with Crippen molar-refractivity contribution in [3.05, 3.63) is 70.8 Å². The Hall–Kier alpha value is -2.74. The molecule has 2 unspecified atom stereocenters. The van der Waals surface area contributed by atoms with Gasteiger partial charge in [-0.15, -0.1) is 0 Å². The summed E-state index contributed by atoms with van der Waals surface area (Å²) >= 11 is 0. The molecular weight excluding hydrogens is 366 g/mol.